The van der Waals surface area contributed by atoms with Crippen LogP contribution in [-0.2, 0) is 14.8 Å². The third kappa shape index (κ3) is 5.42. The molecule has 0 aromatic heterocycles. The number of rotatable bonds is 7. The summed E-state index contributed by atoms with van der Waals surface area (Å²) < 4.78 is 31.1. The second kappa shape index (κ2) is 9.05. The van der Waals surface area contributed by atoms with Gasteiger partial charge in [-0.3, -0.25) is 9.10 Å². The molecule has 8 heteroatoms. The summed E-state index contributed by atoms with van der Waals surface area (Å²) >= 11 is 6.16. The summed E-state index contributed by atoms with van der Waals surface area (Å²) in [6.45, 7) is 7.38. The molecular formula is C21H27ClN2O4S. The van der Waals surface area contributed by atoms with Gasteiger partial charge in [0.05, 0.1) is 30.1 Å². The van der Waals surface area contributed by atoms with Crippen molar-refractivity contribution in [3.63, 3.8) is 0 Å². The lowest BCUT2D eigenvalue weighted by Crippen LogP contribution is -2.48. The van der Waals surface area contributed by atoms with Gasteiger partial charge in [0.15, 0.2) is 0 Å². The first-order chi connectivity index (χ1) is 13.5. The maximum absolute atomic E-state index is 12.9. The molecule has 29 heavy (non-hydrogen) atoms. The molecule has 2 atom stereocenters. The van der Waals surface area contributed by atoms with E-state index < -0.39 is 22.0 Å². The summed E-state index contributed by atoms with van der Waals surface area (Å²) in [5.74, 6) is 0.0142. The lowest BCUT2D eigenvalue weighted by atomic mass is 10.00. The van der Waals surface area contributed by atoms with Crippen LogP contribution in [0.15, 0.2) is 36.4 Å². The number of nitrogens with one attached hydrogen (secondary N) is 1. The van der Waals surface area contributed by atoms with E-state index in [1.807, 2.05) is 39.0 Å². The first-order valence-electron chi connectivity index (χ1n) is 9.16. The Morgan fingerprint density at radius 3 is 2.34 bits per heavy atom. The summed E-state index contributed by atoms with van der Waals surface area (Å²) in [4.78, 5) is 12.9. The summed E-state index contributed by atoms with van der Waals surface area (Å²) in [6, 6.07) is 9.38. The van der Waals surface area contributed by atoms with Gasteiger partial charge in [-0.1, -0.05) is 35.4 Å². The monoisotopic (exact) mass is 438 g/mol. The molecule has 2 aromatic carbocycles. The maximum Gasteiger partial charge on any atom is 0.244 e. The van der Waals surface area contributed by atoms with Crippen LogP contribution >= 0.6 is 11.6 Å². The van der Waals surface area contributed by atoms with Crippen LogP contribution in [0.3, 0.4) is 0 Å². The zero-order valence-electron chi connectivity index (χ0n) is 17.5. The summed E-state index contributed by atoms with van der Waals surface area (Å²) in [5, 5.41) is 3.18. The van der Waals surface area contributed by atoms with Crippen LogP contribution in [0, 0.1) is 13.8 Å². The normalized spacial score (nSPS) is 13.5. The van der Waals surface area contributed by atoms with E-state index in [0.717, 1.165) is 27.3 Å². The smallest absolute Gasteiger partial charge is 0.244 e. The van der Waals surface area contributed by atoms with Crippen molar-refractivity contribution in [2.24, 2.45) is 0 Å². The number of hydrogen-bond donors (Lipinski definition) is 1. The second-order valence-corrected chi connectivity index (χ2v) is 9.41. The highest BCUT2D eigenvalue weighted by atomic mass is 35.5. The van der Waals surface area contributed by atoms with E-state index in [2.05, 4.69) is 5.32 Å². The van der Waals surface area contributed by atoms with Gasteiger partial charge in [-0.05, 0) is 57.0 Å². The van der Waals surface area contributed by atoms with Crippen molar-refractivity contribution in [1.82, 2.24) is 5.32 Å². The van der Waals surface area contributed by atoms with E-state index in [0.29, 0.717) is 11.4 Å². The zero-order valence-corrected chi connectivity index (χ0v) is 19.1. The molecule has 158 valence electrons. The first-order valence-corrected chi connectivity index (χ1v) is 11.4. The number of ether oxygens (including phenoxy) is 1. The van der Waals surface area contributed by atoms with Gasteiger partial charge in [-0.15, -0.1) is 0 Å². The number of nitrogens with zero attached hydrogens (tertiary/aromatic N) is 1. The average Bonchev–Trinajstić information content (AvgIpc) is 2.62. The maximum atomic E-state index is 12.9. The molecule has 6 nitrogen and oxygen atoms in total. The Balaban J connectivity index is 2.32. The van der Waals surface area contributed by atoms with Crippen molar-refractivity contribution in [3.8, 4) is 5.75 Å². The number of anilines is 1. The fourth-order valence-electron chi connectivity index (χ4n) is 3.24. The topological polar surface area (TPSA) is 75.7 Å². The summed E-state index contributed by atoms with van der Waals surface area (Å²) in [7, 11) is -2.27. The van der Waals surface area contributed by atoms with Gasteiger partial charge in [0.1, 0.15) is 11.8 Å². The highest BCUT2D eigenvalue weighted by Gasteiger charge is 2.30. The Bertz CT molecular complexity index is 1010. The van der Waals surface area contributed by atoms with E-state index >= 15 is 0 Å². The number of carbonyl (C=O) groups is 1. The average molecular weight is 439 g/mol. The quantitative estimate of drug-likeness (QED) is 0.708. The van der Waals surface area contributed by atoms with Crippen molar-refractivity contribution < 1.29 is 17.9 Å². The van der Waals surface area contributed by atoms with Crippen LogP contribution in [0.5, 0.6) is 5.75 Å². The highest BCUT2D eigenvalue weighted by molar-refractivity contribution is 7.92. The van der Waals surface area contributed by atoms with Crippen LogP contribution in [0.4, 0.5) is 5.69 Å². The van der Waals surface area contributed by atoms with E-state index in [4.69, 9.17) is 16.3 Å². The molecule has 0 aliphatic rings. The lowest BCUT2D eigenvalue weighted by Gasteiger charge is -2.30. The number of amides is 1. The molecule has 1 N–H and O–H groups in total. The molecule has 1 amide bonds. The molecule has 0 aliphatic carbocycles. The number of aryl methyl sites for hydroxylation is 2. The minimum atomic E-state index is -3.74. The Morgan fingerprint density at radius 1 is 1.14 bits per heavy atom. The van der Waals surface area contributed by atoms with Gasteiger partial charge < -0.3 is 10.1 Å². The molecule has 0 saturated heterocycles. The van der Waals surface area contributed by atoms with Crippen LogP contribution < -0.4 is 14.4 Å². The fraction of sp³-hybridized carbons (Fsp3) is 0.381. The van der Waals surface area contributed by atoms with Crippen LogP contribution in [0.25, 0.3) is 0 Å². The Morgan fingerprint density at radius 2 is 1.79 bits per heavy atom. The van der Waals surface area contributed by atoms with Gasteiger partial charge in [-0.2, -0.15) is 0 Å². The molecule has 0 bridgehead atoms. The van der Waals surface area contributed by atoms with E-state index in [9.17, 15) is 13.2 Å². The van der Waals surface area contributed by atoms with Crippen molar-refractivity contribution in [2.45, 2.75) is 39.8 Å². The molecule has 0 heterocycles. The van der Waals surface area contributed by atoms with Crippen molar-refractivity contribution in [2.75, 3.05) is 17.7 Å². The molecule has 0 fully saturated rings. The number of carbonyl (C=O) groups excluding carboxylic acids is 1. The number of hydrogen-bond acceptors (Lipinski definition) is 4. The predicted octanol–water partition coefficient (Wildman–Crippen LogP) is 4.00. The minimum absolute atomic E-state index is 0.259. The molecule has 2 rings (SSSR count). The Kier molecular flexibility index (Phi) is 7.19. The third-order valence-electron chi connectivity index (χ3n) is 4.74. The van der Waals surface area contributed by atoms with E-state index in [1.165, 1.54) is 13.2 Å². The van der Waals surface area contributed by atoms with Crippen LogP contribution in [0.2, 0.25) is 5.02 Å². The number of sulfonamides is 1. The van der Waals surface area contributed by atoms with Gasteiger partial charge in [-0.25, -0.2) is 8.42 Å². The Labute approximate surface area is 177 Å². The zero-order chi connectivity index (χ0) is 21.9. The van der Waals surface area contributed by atoms with Crippen LogP contribution in [-0.4, -0.2) is 33.7 Å². The number of methoxy groups -OCH3 is 1. The van der Waals surface area contributed by atoms with Crippen molar-refractivity contribution in [1.29, 1.82) is 0 Å². The Hall–Kier alpha value is -2.25. The minimum Gasteiger partial charge on any atom is -0.495 e. The summed E-state index contributed by atoms with van der Waals surface area (Å²) in [5.41, 5.74) is 3.42. The predicted molar refractivity (Wildman–Crippen MR) is 117 cm³/mol. The molecular weight excluding hydrogens is 412 g/mol. The third-order valence-corrected chi connectivity index (χ3v) is 6.28. The highest BCUT2D eigenvalue weighted by Crippen LogP contribution is 2.31. The number of halogens is 1. The molecule has 0 aliphatic heterocycles. The van der Waals surface area contributed by atoms with Crippen molar-refractivity contribution >= 4 is 33.2 Å². The largest absolute Gasteiger partial charge is 0.495 e. The lowest BCUT2D eigenvalue weighted by molar-refractivity contribution is -0.122. The standard InChI is InChI=1S/C21H27ClN2O4S/c1-13-7-8-14(2)18(11-13)15(3)23-21(25)16(4)24(29(6,26)27)17-9-10-20(28-5)19(22)12-17/h7-12,15-16H,1-6H3,(H,23,25). The van der Waals surface area contributed by atoms with Gasteiger partial charge >= 0.3 is 0 Å². The van der Waals surface area contributed by atoms with Gasteiger partial charge in [0.25, 0.3) is 0 Å². The summed E-state index contributed by atoms with van der Waals surface area (Å²) in [6.07, 6.45) is 1.06. The first kappa shape index (κ1) is 23.0. The molecule has 0 saturated carbocycles. The SMILES string of the molecule is COc1ccc(N(C(C)C(=O)NC(C)c2cc(C)ccc2C)S(C)(=O)=O)cc1Cl. The van der Waals surface area contributed by atoms with Gasteiger partial charge in [0, 0.05) is 0 Å². The van der Waals surface area contributed by atoms with Crippen molar-refractivity contribution in [3.05, 3.63) is 58.1 Å². The molecule has 0 radical (unpaired) electrons. The fourth-order valence-corrected chi connectivity index (χ4v) is 4.66. The molecule has 2 aromatic rings. The number of benzene rings is 2. The molecule has 0 spiro atoms. The molecule has 2 unspecified atom stereocenters. The van der Waals surface area contributed by atoms with E-state index in [1.54, 1.807) is 19.1 Å². The van der Waals surface area contributed by atoms with Crippen LogP contribution in [0.1, 0.15) is 36.6 Å². The second-order valence-electron chi connectivity index (χ2n) is 7.14. The van der Waals surface area contributed by atoms with Gasteiger partial charge in [0.2, 0.25) is 15.9 Å². The van der Waals surface area contributed by atoms with E-state index in [-0.39, 0.29) is 11.1 Å².